The van der Waals surface area contributed by atoms with E-state index in [0.29, 0.717) is 5.82 Å². The topological polar surface area (TPSA) is 80.0 Å². The summed E-state index contributed by atoms with van der Waals surface area (Å²) in [6.45, 7) is 0. The average molecular weight is 1120 g/mol. The third-order valence-electron chi connectivity index (χ3n) is 18.4. The van der Waals surface area contributed by atoms with Crippen LogP contribution in [-0.2, 0) is 0 Å². The molecular weight excluding hydrogens is 1080 g/mol. The molecule has 0 spiro atoms. The summed E-state index contributed by atoms with van der Waals surface area (Å²) in [6.07, 6.45) is 0. The summed E-state index contributed by atoms with van der Waals surface area (Å²) < 4.78 is 26.4. The van der Waals surface area contributed by atoms with Gasteiger partial charge in [-0.25, -0.2) is 9.97 Å². The lowest BCUT2D eigenvalue weighted by Crippen LogP contribution is -1.99. The maximum absolute atomic E-state index is 6.47. The van der Waals surface area contributed by atoms with E-state index in [2.05, 4.69) is 250 Å². The van der Waals surface area contributed by atoms with Crippen molar-refractivity contribution in [1.82, 2.24) is 23.7 Å². The monoisotopic (exact) mass is 1120 g/mol. The third kappa shape index (κ3) is 6.79. The maximum atomic E-state index is 6.47. The molecule has 0 atom stereocenters. The van der Waals surface area contributed by atoms with Crippen LogP contribution in [0.1, 0.15) is 0 Å². The van der Waals surface area contributed by atoms with Crippen LogP contribution in [0.5, 0.6) is 0 Å². The quantitative estimate of drug-likeness (QED) is 0.166. The third-order valence-corrected chi connectivity index (χ3v) is 18.4. The van der Waals surface area contributed by atoms with Crippen LogP contribution in [-0.4, -0.2) is 23.7 Å². The van der Waals surface area contributed by atoms with Gasteiger partial charge in [-0.05, 0) is 145 Å². The number of aromatic nitrogens is 5. The highest BCUT2D eigenvalue weighted by Gasteiger charge is 2.22. The van der Waals surface area contributed by atoms with E-state index >= 15 is 0 Å². The van der Waals surface area contributed by atoms with Crippen molar-refractivity contribution in [1.29, 1.82) is 0 Å². The molecule has 408 valence electrons. The summed E-state index contributed by atoms with van der Waals surface area (Å²) in [5.74, 6) is 0.639. The number of nitrogens with zero attached hydrogens (tertiary/aromatic N) is 5. The SMILES string of the molecule is c1cc(-c2ccc3nc(-c4ccc(-n5c6ccccc6c6cc7oc8ccccc8c7cc65)cc4)nc(-c4cccc(-n5c6ccccc6c6cc7oc8ccccc8c7cc65)c4)c3c2)cc(-n2c3ccccc3c3cc4oc5ccccc5c4cc32)c1. The van der Waals surface area contributed by atoms with E-state index in [4.69, 9.17) is 23.2 Å². The smallest absolute Gasteiger partial charge is 0.160 e. The number of fused-ring (bicyclic) bond motifs is 19. The van der Waals surface area contributed by atoms with Crippen molar-refractivity contribution in [3.8, 4) is 50.8 Å². The lowest BCUT2D eigenvalue weighted by molar-refractivity contribution is 0.669. The standard InChI is InChI=1S/C80H45N5O3/c1-7-25-67-53(19-1)59-43-76-62(56-22-4-10-28-73(56)86-76)40-70(59)83(67)50-34-31-46(32-35-50)80-81-66-36-33-48(47-15-13-17-51(37-47)84-68-26-8-2-20-54(68)60-44-77-63(41-71(60)84)57-23-5-11-29-74(57)87-77)39-65(66)79(82-80)49-16-14-18-52(38-49)85-69-27-9-3-21-55(69)61-45-78-64(42-72(61)85)58-24-6-12-30-75(58)88-78/h1-45H. The van der Waals surface area contributed by atoms with Crippen molar-refractivity contribution >= 4 is 142 Å². The van der Waals surface area contributed by atoms with Gasteiger partial charge in [-0.15, -0.1) is 0 Å². The molecule has 0 N–H and O–H groups in total. The van der Waals surface area contributed by atoms with Gasteiger partial charge in [0.25, 0.3) is 0 Å². The first kappa shape index (κ1) is 47.4. The van der Waals surface area contributed by atoms with Crippen LogP contribution in [0.4, 0.5) is 0 Å². The number of benzene rings is 13. The first-order valence-electron chi connectivity index (χ1n) is 29.8. The zero-order valence-corrected chi connectivity index (χ0v) is 46.9. The molecule has 88 heavy (non-hydrogen) atoms. The first-order valence-corrected chi connectivity index (χ1v) is 29.8. The Bertz CT molecular complexity index is 6380. The molecule has 7 aromatic heterocycles. The van der Waals surface area contributed by atoms with Crippen LogP contribution in [0.2, 0.25) is 0 Å². The van der Waals surface area contributed by atoms with Gasteiger partial charge in [0.1, 0.15) is 33.5 Å². The van der Waals surface area contributed by atoms with Crippen LogP contribution in [0.3, 0.4) is 0 Å². The summed E-state index contributed by atoms with van der Waals surface area (Å²) in [5.41, 5.74) is 20.8. The fourth-order valence-corrected chi connectivity index (χ4v) is 14.4. The van der Waals surface area contributed by atoms with Gasteiger partial charge in [0, 0.05) is 98.2 Å². The Morgan fingerprint density at radius 3 is 1.10 bits per heavy atom. The highest BCUT2D eigenvalue weighted by Crippen LogP contribution is 2.44. The highest BCUT2D eigenvalue weighted by atomic mass is 16.3. The van der Waals surface area contributed by atoms with E-state index in [1.807, 2.05) is 36.4 Å². The van der Waals surface area contributed by atoms with E-state index in [1.54, 1.807) is 0 Å². The van der Waals surface area contributed by atoms with Gasteiger partial charge in [0.2, 0.25) is 0 Å². The molecule has 0 bridgehead atoms. The van der Waals surface area contributed by atoms with Crippen LogP contribution in [0, 0.1) is 0 Å². The van der Waals surface area contributed by atoms with Gasteiger partial charge < -0.3 is 27.0 Å². The molecule has 0 aliphatic heterocycles. The minimum atomic E-state index is 0.639. The van der Waals surface area contributed by atoms with Crippen LogP contribution in [0.25, 0.3) is 193 Å². The Morgan fingerprint density at radius 2 is 0.614 bits per heavy atom. The number of furan rings is 3. The average Bonchev–Trinajstić information content (AvgIpc) is 1.73. The highest BCUT2D eigenvalue weighted by molar-refractivity contribution is 6.20. The Morgan fingerprint density at radius 1 is 0.216 bits per heavy atom. The van der Waals surface area contributed by atoms with Crippen molar-refractivity contribution in [2.45, 2.75) is 0 Å². The molecule has 0 radical (unpaired) electrons. The van der Waals surface area contributed by atoms with Gasteiger partial charge >= 0.3 is 0 Å². The molecule has 7 heterocycles. The van der Waals surface area contributed by atoms with Gasteiger partial charge in [-0.3, -0.25) is 0 Å². The van der Waals surface area contributed by atoms with E-state index in [9.17, 15) is 0 Å². The predicted molar refractivity (Wildman–Crippen MR) is 361 cm³/mol. The second kappa shape index (κ2) is 17.8. The van der Waals surface area contributed by atoms with Crippen molar-refractivity contribution in [2.24, 2.45) is 0 Å². The molecule has 8 heteroatoms. The number of hydrogen-bond acceptors (Lipinski definition) is 5. The van der Waals surface area contributed by atoms with Crippen molar-refractivity contribution in [3.05, 3.63) is 273 Å². The summed E-state index contributed by atoms with van der Waals surface area (Å²) in [7, 11) is 0. The minimum absolute atomic E-state index is 0.639. The molecule has 13 aromatic carbocycles. The van der Waals surface area contributed by atoms with Crippen molar-refractivity contribution in [2.75, 3.05) is 0 Å². The maximum Gasteiger partial charge on any atom is 0.160 e. The van der Waals surface area contributed by atoms with Crippen molar-refractivity contribution in [3.63, 3.8) is 0 Å². The molecular formula is C80H45N5O3. The normalized spacial score (nSPS) is 12.3. The molecule has 0 saturated carbocycles. The molecule has 0 aliphatic rings. The van der Waals surface area contributed by atoms with Gasteiger partial charge in [0.05, 0.1) is 44.3 Å². The fourth-order valence-electron chi connectivity index (χ4n) is 14.4. The lowest BCUT2D eigenvalue weighted by Gasteiger charge is -2.15. The molecule has 0 aliphatic carbocycles. The molecule has 0 fully saturated rings. The molecule has 0 saturated heterocycles. The minimum Gasteiger partial charge on any atom is -0.456 e. The lowest BCUT2D eigenvalue weighted by atomic mass is 9.99. The van der Waals surface area contributed by atoms with Crippen LogP contribution >= 0.6 is 0 Å². The Labute approximate surface area is 500 Å². The Hall–Kier alpha value is -12.0. The Balaban J connectivity index is 0.766. The van der Waals surface area contributed by atoms with Gasteiger partial charge in [-0.1, -0.05) is 140 Å². The van der Waals surface area contributed by atoms with E-state index in [1.165, 1.54) is 10.8 Å². The predicted octanol–water partition coefficient (Wildman–Crippen LogP) is 21.6. The summed E-state index contributed by atoms with van der Waals surface area (Å²) in [4.78, 5) is 11.1. The number of rotatable bonds is 6. The molecule has 8 nitrogen and oxygen atoms in total. The summed E-state index contributed by atoms with van der Waals surface area (Å²) in [6, 6.07) is 97.4. The molecule has 20 aromatic rings. The largest absolute Gasteiger partial charge is 0.456 e. The van der Waals surface area contributed by atoms with Crippen LogP contribution in [0.15, 0.2) is 286 Å². The zero-order valence-electron chi connectivity index (χ0n) is 46.9. The number of para-hydroxylation sites is 6. The second-order valence-corrected chi connectivity index (χ2v) is 23.2. The zero-order chi connectivity index (χ0) is 57.3. The van der Waals surface area contributed by atoms with E-state index < -0.39 is 0 Å². The van der Waals surface area contributed by atoms with E-state index in [0.717, 1.165) is 176 Å². The van der Waals surface area contributed by atoms with E-state index in [-0.39, 0.29) is 0 Å². The first-order chi connectivity index (χ1) is 43.6. The molecule has 0 amide bonds. The Kier molecular flexibility index (Phi) is 9.57. The second-order valence-electron chi connectivity index (χ2n) is 23.2. The molecule has 20 rings (SSSR count). The van der Waals surface area contributed by atoms with Crippen LogP contribution < -0.4 is 0 Å². The van der Waals surface area contributed by atoms with Crippen molar-refractivity contribution < 1.29 is 13.3 Å². The van der Waals surface area contributed by atoms with Gasteiger partial charge in [0.15, 0.2) is 5.82 Å². The molecule has 0 unspecified atom stereocenters. The summed E-state index contributed by atoms with van der Waals surface area (Å²) in [5, 5.41) is 14.4. The summed E-state index contributed by atoms with van der Waals surface area (Å²) >= 11 is 0. The number of hydrogen-bond donors (Lipinski definition) is 0. The van der Waals surface area contributed by atoms with Gasteiger partial charge in [-0.2, -0.15) is 0 Å². The fraction of sp³-hybridized carbons (Fsp3) is 0.